The van der Waals surface area contributed by atoms with Gasteiger partial charge < -0.3 is 20.4 Å². The number of carbonyl (C=O) groups excluding carboxylic acids is 1. The maximum Gasteiger partial charge on any atom is 0.319 e. The Morgan fingerprint density at radius 2 is 1.96 bits per heavy atom. The van der Waals surface area contributed by atoms with Gasteiger partial charge in [0.1, 0.15) is 5.82 Å². The van der Waals surface area contributed by atoms with Gasteiger partial charge in [-0.3, -0.25) is 0 Å². The van der Waals surface area contributed by atoms with Gasteiger partial charge in [0.25, 0.3) is 0 Å². The normalized spacial score (nSPS) is 10.2. The summed E-state index contributed by atoms with van der Waals surface area (Å²) in [5, 5.41) is 5.73. The molecular weight excluding hydrogens is 302 g/mol. The van der Waals surface area contributed by atoms with Crippen LogP contribution in [-0.4, -0.2) is 38.7 Å². The number of aromatic nitrogens is 1. The number of pyridine rings is 1. The minimum atomic E-state index is -0.227. The number of carbonyl (C=O) groups is 1. The third kappa shape index (κ3) is 4.87. The summed E-state index contributed by atoms with van der Waals surface area (Å²) in [6.45, 7) is 3.44. The Kier molecular flexibility index (Phi) is 6.01. The van der Waals surface area contributed by atoms with Crippen LogP contribution in [0, 0.1) is 0 Å². The van der Waals surface area contributed by atoms with Crippen LogP contribution < -0.4 is 20.4 Å². The molecule has 1 heterocycles. The van der Waals surface area contributed by atoms with E-state index in [9.17, 15) is 4.79 Å². The molecule has 1 aromatic heterocycles. The summed E-state index contributed by atoms with van der Waals surface area (Å²) < 4.78 is 0. The topological polar surface area (TPSA) is 60.5 Å². The molecule has 0 spiro atoms. The van der Waals surface area contributed by atoms with Crippen molar-refractivity contribution in [3.05, 3.63) is 48.2 Å². The Labute approximate surface area is 143 Å². The van der Waals surface area contributed by atoms with Crippen molar-refractivity contribution in [2.24, 2.45) is 0 Å². The molecule has 0 fully saturated rings. The molecule has 0 bridgehead atoms. The first-order chi connectivity index (χ1) is 11.5. The van der Waals surface area contributed by atoms with Gasteiger partial charge in [-0.25, -0.2) is 9.78 Å². The van der Waals surface area contributed by atoms with E-state index in [2.05, 4.69) is 27.4 Å². The van der Waals surface area contributed by atoms with E-state index in [4.69, 9.17) is 0 Å². The molecule has 6 nitrogen and oxygen atoms in total. The van der Waals surface area contributed by atoms with Gasteiger partial charge in [0.15, 0.2) is 0 Å². The molecule has 128 valence electrons. The van der Waals surface area contributed by atoms with E-state index in [1.54, 1.807) is 6.20 Å². The van der Waals surface area contributed by atoms with Crippen molar-refractivity contribution >= 4 is 23.2 Å². The molecule has 0 unspecified atom stereocenters. The number of amides is 2. The predicted molar refractivity (Wildman–Crippen MR) is 99.8 cm³/mol. The van der Waals surface area contributed by atoms with Gasteiger partial charge in [-0.2, -0.15) is 0 Å². The van der Waals surface area contributed by atoms with E-state index < -0.39 is 0 Å². The fourth-order valence-electron chi connectivity index (χ4n) is 2.18. The number of urea groups is 1. The van der Waals surface area contributed by atoms with E-state index in [1.807, 2.05) is 62.4 Å². The number of nitrogens with one attached hydrogen (secondary N) is 2. The van der Waals surface area contributed by atoms with Crippen LogP contribution in [0.3, 0.4) is 0 Å². The summed E-state index contributed by atoms with van der Waals surface area (Å²) in [6, 6.07) is 11.4. The lowest BCUT2D eigenvalue weighted by atomic mass is 10.2. The van der Waals surface area contributed by atoms with Crippen LogP contribution >= 0.6 is 0 Å². The van der Waals surface area contributed by atoms with Crippen molar-refractivity contribution in [2.75, 3.05) is 42.8 Å². The highest BCUT2D eigenvalue weighted by molar-refractivity contribution is 5.89. The lowest BCUT2D eigenvalue weighted by Gasteiger charge is -2.18. The minimum Gasteiger partial charge on any atom is -0.375 e. The Hall–Kier alpha value is -2.76. The van der Waals surface area contributed by atoms with Crippen LogP contribution in [0.25, 0.3) is 0 Å². The third-order valence-corrected chi connectivity index (χ3v) is 3.74. The van der Waals surface area contributed by atoms with E-state index in [-0.39, 0.29) is 6.03 Å². The fraction of sp³-hybridized carbons (Fsp3) is 0.333. The highest BCUT2D eigenvalue weighted by Crippen LogP contribution is 2.18. The maximum absolute atomic E-state index is 12.1. The molecule has 0 aliphatic rings. The van der Waals surface area contributed by atoms with Gasteiger partial charge in [0.05, 0.1) is 0 Å². The predicted octanol–water partition coefficient (Wildman–Crippen LogP) is 2.93. The molecule has 24 heavy (non-hydrogen) atoms. The average molecular weight is 327 g/mol. The monoisotopic (exact) mass is 327 g/mol. The van der Waals surface area contributed by atoms with Crippen molar-refractivity contribution in [2.45, 2.75) is 13.5 Å². The second kappa shape index (κ2) is 8.19. The molecule has 0 radical (unpaired) electrons. The van der Waals surface area contributed by atoms with E-state index in [0.29, 0.717) is 6.54 Å². The van der Waals surface area contributed by atoms with Crippen LogP contribution in [0.2, 0.25) is 0 Å². The molecule has 0 atom stereocenters. The van der Waals surface area contributed by atoms with Gasteiger partial charge in [0, 0.05) is 51.8 Å². The first kappa shape index (κ1) is 17.6. The van der Waals surface area contributed by atoms with Gasteiger partial charge >= 0.3 is 6.03 Å². The number of hydrogen-bond acceptors (Lipinski definition) is 4. The summed E-state index contributed by atoms with van der Waals surface area (Å²) in [6.07, 6.45) is 1.74. The molecule has 0 saturated carbocycles. The zero-order valence-corrected chi connectivity index (χ0v) is 14.7. The SMILES string of the molecule is CCN(C)c1cccc(NC(=O)NCc2ccnc(N(C)C)c2)c1. The van der Waals surface area contributed by atoms with Crippen molar-refractivity contribution in [1.82, 2.24) is 10.3 Å². The van der Waals surface area contributed by atoms with Gasteiger partial charge in [-0.05, 0) is 42.8 Å². The zero-order valence-electron chi connectivity index (χ0n) is 14.7. The summed E-state index contributed by atoms with van der Waals surface area (Å²) >= 11 is 0. The van der Waals surface area contributed by atoms with Crippen molar-refractivity contribution in [3.63, 3.8) is 0 Å². The molecule has 2 rings (SSSR count). The van der Waals surface area contributed by atoms with Crippen LogP contribution in [0.5, 0.6) is 0 Å². The fourth-order valence-corrected chi connectivity index (χ4v) is 2.18. The molecular formula is C18H25N5O. The van der Waals surface area contributed by atoms with Gasteiger partial charge in [-0.1, -0.05) is 6.07 Å². The maximum atomic E-state index is 12.1. The number of hydrogen-bond donors (Lipinski definition) is 2. The molecule has 2 N–H and O–H groups in total. The number of benzene rings is 1. The quantitative estimate of drug-likeness (QED) is 0.856. The largest absolute Gasteiger partial charge is 0.375 e. The summed E-state index contributed by atoms with van der Waals surface area (Å²) in [5.41, 5.74) is 2.84. The van der Waals surface area contributed by atoms with Gasteiger partial charge in [0.2, 0.25) is 0 Å². The van der Waals surface area contributed by atoms with E-state index in [1.165, 1.54) is 0 Å². The first-order valence-corrected chi connectivity index (χ1v) is 7.98. The van der Waals surface area contributed by atoms with Crippen LogP contribution in [0.15, 0.2) is 42.6 Å². The van der Waals surface area contributed by atoms with E-state index in [0.717, 1.165) is 29.3 Å². The molecule has 1 aromatic carbocycles. The molecule has 2 amide bonds. The lowest BCUT2D eigenvalue weighted by Crippen LogP contribution is -2.28. The molecule has 2 aromatic rings. The first-order valence-electron chi connectivity index (χ1n) is 7.98. The lowest BCUT2D eigenvalue weighted by molar-refractivity contribution is 0.251. The zero-order chi connectivity index (χ0) is 17.5. The standard InChI is InChI=1S/C18H25N5O/c1-5-23(4)16-8-6-7-15(12-16)21-18(24)20-13-14-9-10-19-17(11-14)22(2)3/h6-12H,5,13H2,1-4H3,(H2,20,21,24). The average Bonchev–Trinajstić information content (AvgIpc) is 2.59. The number of rotatable bonds is 6. The Morgan fingerprint density at radius 1 is 1.17 bits per heavy atom. The van der Waals surface area contributed by atoms with Crippen LogP contribution in [-0.2, 0) is 6.54 Å². The number of nitrogens with zero attached hydrogens (tertiary/aromatic N) is 3. The molecule has 0 aliphatic carbocycles. The van der Waals surface area contributed by atoms with Crippen LogP contribution in [0.1, 0.15) is 12.5 Å². The highest BCUT2D eigenvalue weighted by Gasteiger charge is 2.05. The molecule has 6 heteroatoms. The van der Waals surface area contributed by atoms with Crippen molar-refractivity contribution in [3.8, 4) is 0 Å². The minimum absolute atomic E-state index is 0.227. The Morgan fingerprint density at radius 3 is 2.67 bits per heavy atom. The van der Waals surface area contributed by atoms with E-state index >= 15 is 0 Å². The number of anilines is 3. The smallest absolute Gasteiger partial charge is 0.319 e. The summed E-state index contributed by atoms with van der Waals surface area (Å²) in [4.78, 5) is 20.4. The van der Waals surface area contributed by atoms with Gasteiger partial charge in [-0.15, -0.1) is 0 Å². The Bertz CT molecular complexity index is 687. The summed E-state index contributed by atoms with van der Waals surface area (Å²) in [5.74, 6) is 0.866. The Balaban J connectivity index is 1.93. The summed E-state index contributed by atoms with van der Waals surface area (Å²) in [7, 11) is 5.89. The van der Waals surface area contributed by atoms with Crippen LogP contribution in [0.4, 0.5) is 22.0 Å². The highest BCUT2D eigenvalue weighted by atomic mass is 16.2. The van der Waals surface area contributed by atoms with Crippen molar-refractivity contribution < 1.29 is 4.79 Å². The second-order valence-electron chi connectivity index (χ2n) is 5.79. The second-order valence-corrected chi connectivity index (χ2v) is 5.79. The molecule has 0 aliphatic heterocycles. The molecule has 0 saturated heterocycles. The van der Waals surface area contributed by atoms with Crippen molar-refractivity contribution in [1.29, 1.82) is 0 Å². The third-order valence-electron chi connectivity index (χ3n) is 3.74.